The first-order valence-electron chi connectivity index (χ1n) is 11.3. The number of rotatable bonds is 6. The Balaban J connectivity index is 1.30. The van der Waals surface area contributed by atoms with Crippen LogP contribution in [0.2, 0.25) is 5.02 Å². The van der Waals surface area contributed by atoms with Gasteiger partial charge in [0.1, 0.15) is 0 Å². The van der Waals surface area contributed by atoms with E-state index in [2.05, 4.69) is 10.2 Å². The Kier molecular flexibility index (Phi) is 7.76. The lowest BCUT2D eigenvalue weighted by atomic mass is 10.0. The molecule has 0 aliphatic carbocycles. The predicted molar refractivity (Wildman–Crippen MR) is 134 cm³/mol. The summed E-state index contributed by atoms with van der Waals surface area (Å²) < 4.78 is 0. The van der Waals surface area contributed by atoms with E-state index in [0.29, 0.717) is 36.6 Å². The van der Waals surface area contributed by atoms with Crippen molar-refractivity contribution < 1.29 is 9.59 Å². The number of amides is 2. The van der Waals surface area contributed by atoms with Gasteiger partial charge in [-0.1, -0.05) is 66.2 Å². The quantitative estimate of drug-likeness (QED) is 0.550. The summed E-state index contributed by atoms with van der Waals surface area (Å²) in [5.41, 5.74) is 3.53. The molecule has 5 nitrogen and oxygen atoms in total. The van der Waals surface area contributed by atoms with Gasteiger partial charge < -0.3 is 15.1 Å². The summed E-state index contributed by atoms with van der Waals surface area (Å²) in [6, 6.07) is 25.0. The second-order valence-corrected chi connectivity index (χ2v) is 8.64. The van der Waals surface area contributed by atoms with Crippen molar-refractivity contribution in [1.29, 1.82) is 0 Å². The van der Waals surface area contributed by atoms with E-state index in [1.165, 1.54) is 0 Å². The fourth-order valence-electron chi connectivity index (χ4n) is 4.14. The van der Waals surface area contributed by atoms with Crippen molar-refractivity contribution in [2.45, 2.75) is 12.8 Å². The first kappa shape index (κ1) is 23.0. The number of anilines is 1. The molecule has 6 heteroatoms. The van der Waals surface area contributed by atoms with Gasteiger partial charge in [-0.05, 0) is 42.8 Å². The molecule has 0 unspecified atom stereocenters. The molecule has 3 aromatic rings. The molecule has 0 spiro atoms. The number of benzene rings is 3. The first-order valence-corrected chi connectivity index (χ1v) is 11.7. The van der Waals surface area contributed by atoms with Gasteiger partial charge in [0.05, 0.1) is 0 Å². The smallest absolute Gasteiger partial charge is 0.253 e. The molecule has 170 valence electrons. The standard InChI is InChI=1S/C27H28ClN3O2/c28-23-11-6-10-22(20-23)27(33)31-16-7-15-30(18-19-31)17-14-26(32)29-25-13-5-4-12-24(25)21-8-2-1-3-9-21/h1-6,8-13,20H,7,14-19H2,(H,29,32). The maximum Gasteiger partial charge on any atom is 0.253 e. The zero-order valence-electron chi connectivity index (χ0n) is 18.5. The van der Waals surface area contributed by atoms with Crippen LogP contribution in [0.4, 0.5) is 5.69 Å². The summed E-state index contributed by atoms with van der Waals surface area (Å²) in [5, 5.41) is 3.64. The molecule has 2 amide bonds. The van der Waals surface area contributed by atoms with Crippen LogP contribution in [-0.2, 0) is 4.79 Å². The molecular weight excluding hydrogens is 434 g/mol. The van der Waals surface area contributed by atoms with Crippen LogP contribution in [0.15, 0.2) is 78.9 Å². The molecule has 4 rings (SSSR count). The minimum absolute atomic E-state index is 0.00510. The maximum absolute atomic E-state index is 12.8. The Morgan fingerprint density at radius 2 is 1.64 bits per heavy atom. The summed E-state index contributed by atoms with van der Waals surface area (Å²) in [5.74, 6) is 0.00380. The molecule has 0 atom stereocenters. The van der Waals surface area contributed by atoms with Gasteiger partial charge in [-0.15, -0.1) is 0 Å². The summed E-state index contributed by atoms with van der Waals surface area (Å²) in [4.78, 5) is 29.6. The zero-order chi connectivity index (χ0) is 23.0. The minimum atomic E-state index is -0.00510. The predicted octanol–water partition coefficient (Wildman–Crippen LogP) is 5.18. The van der Waals surface area contributed by atoms with Crippen molar-refractivity contribution in [3.8, 4) is 11.1 Å². The van der Waals surface area contributed by atoms with Gasteiger partial charge in [0, 0.05) is 54.4 Å². The van der Waals surface area contributed by atoms with Crippen LogP contribution < -0.4 is 5.32 Å². The molecule has 0 radical (unpaired) electrons. The maximum atomic E-state index is 12.8. The molecule has 1 fully saturated rings. The van der Waals surface area contributed by atoms with Crippen molar-refractivity contribution in [3.05, 3.63) is 89.4 Å². The normalized spacial score (nSPS) is 14.5. The van der Waals surface area contributed by atoms with Crippen LogP contribution >= 0.6 is 11.6 Å². The fraction of sp³-hybridized carbons (Fsp3) is 0.259. The monoisotopic (exact) mass is 461 g/mol. The number of para-hydroxylation sites is 1. The number of hydrogen-bond donors (Lipinski definition) is 1. The van der Waals surface area contributed by atoms with E-state index in [0.717, 1.165) is 36.3 Å². The Morgan fingerprint density at radius 1 is 0.848 bits per heavy atom. The highest BCUT2D eigenvalue weighted by Crippen LogP contribution is 2.27. The van der Waals surface area contributed by atoms with E-state index in [4.69, 9.17) is 11.6 Å². The summed E-state index contributed by atoms with van der Waals surface area (Å²) in [6.07, 6.45) is 1.29. The molecule has 1 aliphatic heterocycles. The molecule has 1 aliphatic rings. The number of carbonyl (C=O) groups excluding carboxylic acids is 2. The van der Waals surface area contributed by atoms with Crippen molar-refractivity contribution >= 4 is 29.1 Å². The molecule has 1 N–H and O–H groups in total. The summed E-state index contributed by atoms with van der Waals surface area (Å²) >= 11 is 6.04. The van der Waals surface area contributed by atoms with Crippen LogP contribution in [0.1, 0.15) is 23.2 Å². The number of carbonyl (C=O) groups is 2. The number of halogens is 1. The first-order chi connectivity index (χ1) is 16.1. The number of hydrogen-bond acceptors (Lipinski definition) is 3. The van der Waals surface area contributed by atoms with Crippen molar-refractivity contribution in [2.24, 2.45) is 0 Å². The van der Waals surface area contributed by atoms with Crippen LogP contribution in [0, 0.1) is 0 Å². The third-order valence-corrected chi connectivity index (χ3v) is 6.12. The summed E-state index contributed by atoms with van der Waals surface area (Å²) in [6.45, 7) is 3.63. The molecule has 1 heterocycles. The molecule has 0 aromatic heterocycles. The van der Waals surface area contributed by atoms with Gasteiger partial charge in [-0.2, -0.15) is 0 Å². The van der Waals surface area contributed by atoms with Gasteiger partial charge >= 0.3 is 0 Å². The molecule has 1 saturated heterocycles. The molecular formula is C27H28ClN3O2. The lowest BCUT2D eigenvalue weighted by Crippen LogP contribution is -2.36. The van der Waals surface area contributed by atoms with Crippen LogP contribution in [0.25, 0.3) is 11.1 Å². The fourth-order valence-corrected chi connectivity index (χ4v) is 4.33. The van der Waals surface area contributed by atoms with E-state index in [1.54, 1.807) is 24.3 Å². The molecule has 0 saturated carbocycles. The van der Waals surface area contributed by atoms with Crippen molar-refractivity contribution in [2.75, 3.05) is 38.0 Å². The highest BCUT2D eigenvalue weighted by Gasteiger charge is 2.21. The number of nitrogens with one attached hydrogen (secondary N) is 1. The Hall–Kier alpha value is -3.15. The average Bonchev–Trinajstić information content (AvgIpc) is 3.09. The molecule has 33 heavy (non-hydrogen) atoms. The van der Waals surface area contributed by atoms with Crippen LogP contribution in [-0.4, -0.2) is 54.3 Å². The largest absolute Gasteiger partial charge is 0.337 e. The highest BCUT2D eigenvalue weighted by molar-refractivity contribution is 6.30. The average molecular weight is 462 g/mol. The van der Waals surface area contributed by atoms with E-state index in [1.807, 2.05) is 59.5 Å². The number of nitrogens with zero attached hydrogens (tertiary/aromatic N) is 2. The van der Waals surface area contributed by atoms with Gasteiger partial charge in [0.2, 0.25) is 5.91 Å². The van der Waals surface area contributed by atoms with Crippen molar-refractivity contribution in [3.63, 3.8) is 0 Å². The topological polar surface area (TPSA) is 52.7 Å². The second-order valence-electron chi connectivity index (χ2n) is 8.21. The Morgan fingerprint density at radius 3 is 2.45 bits per heavy atom. The van der Waals surface area contributed by atoms with Crippen LogP contribution in [0.5, 0.6) is 0 Å². The lowest BCUT2D eigenvalue weighted by Gasteiger charge is -2.22. The van der Waals surface area contributed by atoms with Gasteiger partial charge in [-0.25, -0.2) is 0 Å². The molecule has 0 bridgehead atoms. The van der Waals surface area contributed by atoms with Gasteiger partial charge in [-0.3, -0.25) is 9.59 Å². The SMILES string of the molecule is O=C(CCN1CCCN(C(=O)c2cccc(Cl)c2)CC1)Nc1ccccc1-c1ccccc1. The third kappa shape index (κ3) is 6.21. The summed E-state index contributed by atoms with van der Waals surface area (Å²) in [7, 11) is 0. The van der Waals surface area contributed by atoms with E-state index in [-0.39, 0.29) is 11.8 Å². The molecule has 3 aromatic carbocycles. The highest BCUT2D eigenvalue weighted by atomic mass is 35.5. The van der Waals surface area contributed by atoms with Crippen molar-refractivity contribution in [1.82, 2.24) is 9.80 Å². The minimum Gasteiger partial charge on any atom is -0.337 e. The van der Waals surface area contributed by atoms with E-state index in [9.17, 15) is 9.59 Å². The van der Waals surface area contributed by atoms with Crippen LogP contribution in [0.3, 0.4) is 0 Å². The zero-order valence-corrected chi connectivity index (χ0v) is 19.3. The van der Waals surface area contributed by atoms with E-state index >= 15 is 0 Å². The van der Waals surface area contributed by atoms with E-state index < -0.39 is 0 Å². The lowest BCUT2D eigenvalue weighted by molar-refractivity contribution is -0.116. The second kappa shape index (κ2) is 11.1. The Bertz CT molecular complexity index is 1100. The Labute approximate surface area is 200 Å². The van der Waals surface area contributed by atoms with Gasteiger partial charge in [0.15, 0.2) is 0 Å². The third-order valence-electron chi connectivity index (χ3n) is 5.89. The van der Waals surface area contributed by atoms with Gasteiger partial charge in [0.25, 0.3) is 5.91 Å².